The van der Waals surface area contributed by atoms with Crippen molar-refractivity contribution < 1.29 is 0 Å². The molecule has 0 aliphatic rings. The van der Waals surface area contributed by atoms with Crippen LogP contribution < -0.4 is 5.32 Å². The minimum absolute atomic E-state index is 0.333. The molecule has 0 spiro atoms. The minimum Gasteiger partial charge on any atom is -0.363 e. The highest BCUT2D eigenvalue weighted by Gasteiger charge is 2.09. The summed E-state index contributed by atoms with van der Waals surface area (Å²) >= 11 is 0. The van der Waals surface area contributed by atoms with Crippen LogP contribution in [0.2, 0.25) is 0 Å². The van der Waals surface area contributed by atoms with Crippen LogP contribution in [-0.4, -0.2) is 14.5 Å². The molecule has 0 fully saturated rings. The quantitative estimate of drug-likeness (QED) is 0.885. The van der Waals surface area contributed by atoms with Gasteiger partial charge in [0.2, 0.25) is 0 Å². The van der Waals surface area contributed by atoms with E-state index in [-0.39, 0.29) is 0 Å². The van der Waals surface area contributed by atoms with E-state index in [9.17, 15) is 5.26 Å². The van der Waals surface area contributed by atoms with Gasteiger partial charge in [-0.2, -0.15) is 5.26 Å². The minimum atomic E-state index is 0.333. The fourth-order valence-corrected chi connectivity index (χ4v) is 2.25. The summed E-state index contributed by atoms with van der Waals surface area (Å²) in [7, 11) is 0. The Morgan fingerprint density at radius 1 is 1.27 bits per heavy atom. The highest BCUT2D eigenvalue weighted by molar-refractivity contribution is 5.52. The van der Waals surface area contributed by atoms with Gasteiger partial charge in [0.15, 0.2) is 0 Å². The van der Waals surface area contributed by atoms with E-state index in [1.165, 1.54) is 0 Å². The molecule has 2 rings (SSSR count). The number of rotatable bonds is 6. The number of nitriles is 1. The van der Waals surface area contributed by atoms with Gasteiger partial charge >= 0.3 is 0 Å². The Labute approximate surface area is 132 Å². The first-order valence-electron chi connectivity index (χ1n) is 7.65. The molecule has 0 bridgehead atoms. The largest absolute Gasteiger partial charge is 0.363 e. The van der Waals surface area contributed by atoms with Gasteiger partial charge in [0.25, 0.3) is 0 Å². The maximum Gasteiger partial charge on any atom is 0.144 e. The molecule has 0 saturated carbocycles. The molecule has 0 radical (unpaired) electrons. The Morgan fingerprint density at radius 2 is 2.05 bits per heavy atom. The summed E-state index contributed by atoms with van der Waals surface area (Å²) in [6.07, 6.45) is 3.70. The molecule has 22 heavy (non-hydrogen) atoms. The molecule has 0 aromatic carbocycles. The first kappa shape index (κ1) is 16.0. The molecule has 0 unspecified atom stereocenters. The molecule has 2 aromatic rings. The third kappa shape index (κ3) is 3.85. The lowest BCUT2D eigenvalue weighted by atomic mass is 10.1. The summed E-state index contributed by atoms with van der Waals surface area (Å²) in [6, 6.07) is 5.93. The van der Waals surface area contributed by atoms with Crippen LogP contribution in [-0.2, 0) is 13.1 Å². The zero-order chi connectivity index (χ0) is 16.1. The zero-order valence-electron chi connectivity index (χ0n) is 13.7. The van der Waals surface area contributed by atoms with Crippen molar-refractivity contribution in [3.8, 4) is 6.07 Å². The van der Waals surface area contributed by atoms with Crippen LogP contribution in [0.15, 0.2) is 24.7 Å². The fourth-order valence-electron chi connectivity index (χ4n) is 2.25. The molecule has 116 valence electrons. The Kier molecular flexibility index (Phi) is 5.16. The number of hydrogen-bond donors (Lipinski definition) is 1. The highest BCUT2D eigenvalue weighted by Crippen LogP contribution is 2.19. The van der Waals surface area contributed by atoms with Crippen LogP contribution in [0.1, 0.15) is 50.6 Å². The molecule has 1 N–H and O–H groups in total. The van der Waals surface area contributed by atoms with Gasteiger partial charge in [-0.3, -0.25) is 0 Å². The first-order valence-corrected chi connectivity index (χ1v) is 7.65. The second-order valence-corrected chi connectivity index (χ2v) is 6.18. The molecule has 0 aliphatic carbocycles. The van der Waals surface area contributed by atoms with Crippen LogP contribution in [0.3, 0.4) is 0 Å². The van der Waals surface area contributed by atoms with Gasteiger partial charge < -0.3 is 9.88 Å². The predicted molar refractivity (Wildman–Crippen MR) is 87.4 cm³/mol. The third-order valence-corrected chi connectivity index (χ3v) is 3.43. The highest BCUT2D eigenvalue weighted by atomic mass is 15.1. The van der Waals surface area contributed by atoms with Crippen LogP contribution in [0.25, 0.3) is 0 Å². The van der Waals surface area contributed by atoms with Crippen molar-refractivity contribution >= 4 is 5.82 Å². The van der Waals surface area contributed by atoms with Crippen LogP contribution in [0, 0.1) is 17.2 Å². The smallest absolute Gasteiger partial charge is 0.144 e. The normalized spacial score (nSPS) is 11.0. The van der Waals surface area contributed by atoms with E-state index in [2.05, 4.69) is 53.6 Å². The number of pyridine rings is 1. The number of hydrogen-bond acceptors (Lipinski definition) is 4. The fraction of sp³-hybridized carbons (Fsp3) is 0.471. The monoisotopic (exact) mass is 297 g/mol. The third-order valence-electron chi connectivity index (χ3n) is 3.43. The summed E-state index contributed by atoms with van der Waals surface area (Å²) in [6.45, 7) is 10.1. The number of nitrogens with one attached hydrogen (secondary N) is 1. The van der Waals surface area contributed by atoms with E-state index in [1.54, 1.807) is 0 Å². The van der Waals surface area contributed by atoms with Crippen molar-refractivity contribution in [2.45, 2.75) is 46.7 Å². The molecular weight excluding hydrogens is 274 g/mol. The summed E-state index contributed by atoms with van der Waals surface area (Å²) < 4.78 is 2.13. The van der Waals surface area contributed by atoms with Crippen LogP contribution >= 0.6 is 0 Å². The maximum absolute atomic E-state index is 9.23. The van der Waals surface area contributed by atoms with Gasteiger partial charge in [-0.15, -0.1) is 0 Å². The molecule has 0 saturated heterocycles. The van der Waals surface area contributed by atoms with Crippen molar-refractivity contribution in [3.05, 3.63) is 41.6 Å². The summed E-state index contributed by atoms with van der Waals surface area (Å²) in [5.41, 5.74) is 2.64. The Bertz CT molecular complexity index is 664. The van der Waals surface area contributed by atoms with E-state index in [4.69, 9.17) is 0 Å². The lowest BCUT2D eigenvalue weighted by molar-refractivity contribution is 0.511. The Hall–Kier alpha value is -2.35. The topological polar surface area (TPSA) is 66.5 Å². The van der Waals surface area contributed by atoms with E-state index in [0.717, 1.165) is 17.9 Å². The standard InChI is InChI=1S/C17H23N5/c1-12(2)10-22-11-19-8-15(22)9-20-17-14(7-18)5-6-16(21-17)13(3)4/h5-6,8,11-13H,9-10H2,1-4H3,(H,20,21). The van der Waals surface area contributed by atoms with Gasteiger partial charge in [0, 0.05) is 18.4 Å². The van der Waals surface area contributed by atoms with Crippen molar-refractivity contribution in [1.82, 2.24) is 14.5 Å². The van der Waals surface area contributed by atoms with Crippen molar-refractivity contribution in [1.29, 1.82) is 5.26 Å². The molecule has 2 aromatic heterocycles. The van der Waals surface area contributed by atoms with Crippen LogP contribution in [0.5, 0.6) is 0 Å². The summed E-state index contributed by atoms with van der Waals surface area (Å²) in [5, 5.41) is 12.5. The second-order valence-electron chi connectivity index (χ2n) is 6.18. The first-order chi connectivity index (χ1) is 10.5. The lowest BCUT2D eigenvalue weighted by Crippen LogP contribution is -2.12. The Balaban J connectivity index is 2.16. The molecule has 2 heterocycles. The SMILES string of the molecule is CC(C)Cn1cncc1CNc1nc(C(C)C)ccc1C#N. The zero-order valence-corrected chi connectivity index (χ0v) is 13.7. The number of aromatic nitrogens is 3. The number of imidazole rings is 1. The lowest BCUT2D eigenvalue weighted by Gasteiger charge is -2.13. The number of anilines is 1. The molecule has 5 heteroatoms. The van der Waals surface area contributed by atoms with Crippen LogP contribution in [0.4, 0.5) is 5.82 Å². The average Bonchev–Trinajstić information content (AvgIpc) is 2.91. The average molecular weight is 297 g/mol. The van der Waals surface area contributed by atoms with Gasteiger partial charge in [-0.05, 0) is 24.0 Å². The maximum atomic E-state index is 9.23. The van der Waals surface area contributed by atoms with Gasteiger partial charge in [0.1, 0.15) is 11.9 Å². The summed E-state index contributed by atoms with van der Waals surface area (Å²) in [4.78, 5) is 8.78. The Morgan fingerprint density at radius 3 is 2.68 bits per heavy atom. The van der Waals surface area contributed by atoms with E-state index in [0.29, 0.717) is 29.8 Å². The second kappa shape index (κ2) is 7.08. The van der Waals surface area contributed by atoms with Crippen molar-refractivity contribution in [3.63, 3.8) is 0 Å². The van der Waals surface area contributed by atoms with Gasteiger partial charge in [0.05, 0.1) is 24.1 Å². The van der Waals surface area contributed by atoms with Gasteiger partial charge in [-0.25, -0.2) is 9.97 Å². The van der Waals surface area contributed by atoms with E-state index in [1.807, 2.05) is 24.7 Å². The predicted octanol–water partition coefficient (Wildman–Crippen LogP) is 3.54. The van der Waals surface area contributed by atoms with Crippen molar-refractivity contribution in [2.24, 2.45) is 5.92 Å². The molecule has 0 aliphatic heterocycles. The molecule has 0 atom stereocenters. The number of nitrogens with zero attached hydrogens (tertiary/aromatic N) is 4. The van der Waals surface area contributed by atoms with Crippen molar-refractivity contribution in [2.75, 3.05) is 5.32 Å². The molecule has 0 amide bonds. The molecular formula is C17H23N5. The molecule has 5 nitrogen and oxygen atoms in total. The van der Waals surface area contributed by atoms with E-state index >= 15 is 0 Å². The summed E-state index contributed by atoms with van der Waals surface area (Å²) in [5.74, 6) is 1.54. The van der Waals surface area contributed by atoms with Gasteiger partial charge in [-0.1, -0.05) is 27.7 Å². The van der Waals surface area contributed by atoms with E-state index < -0.39 is 0 Å².